The van der Waals surface area contributed by atoms with Gasteiger partial charge in [0.1, 0.15) is 0 Å². The van der Waals surface area contributed by atoms with Crippen LogP contribution in [0, 0.1) is 13.8 Å². The first-order valence-electron chi connectivity index (χ1n) is 4.68. The van der Waals surface area contributed by atoms with E-state index in [-0.39, 0.29) is 12.5 Å². The molecule has 1 heterocycles. The van der Waals surface area contributed by atoms with Crippen molar-refractivity contribution in [3.63, 3.8) is 0 Å². The minimum Gasteiger partial charge on any atom is -0.294 e. The molecule has 78 valence electrons. The largest absolute Gasteiger partial charge is 0.294 e. The van der Waals surface area contributed by atoms with Crippen molar-refractivity contribution in [2.45, 2.75) is 33.7 Å². The van der Waals surface area contributed by atoms with Crippen LogP contribution in [-0.2, 0) is 6.54 Å². The van der Waals surface area contributed by atoms with E-state index >= 15 is 0 Å². The van der Waals surface area contributed by atoms with Crippen LogP contribution < -0.4 is 0 Å². The van der Waals surface area contributed by atoms with Gasteiger partial charge < -0.3 is 0 Å². The number of carbonyl (C=O) groups excluding carboxylic acids is 1. The Hall–Kier alpha value is -1.19. The summed E-state index contributed by atoms with van der Waals surface area (Å²) in [5.41, 5.74) is 2.24. The van der Waals surface area contributed by atoms with E-state index in [0.29, 0.717) is 18.5 Å². The third-order valence-corrected chi connectivity index (χ3v) is 2.24. The number of hydrogen-bond acceptors (Lipinski definition) is 2. The summed E-state index contributed by atoms with van der Waals surface area (Å²) in [6, 6.07) is 0. The lowest BCUT2D eigenvalue weighted by Gasteiger charge is -2.01. The van der Waals surface area contributed by atoms with Gasteiger partial charge in [-0.2, -0.15) is 5.10 Å². The molecule has 0 aliphatic heterocycles. The van der Waals surface area contributed by atoms with E-state index in [1.165, 1.54) is 6.92 Å². The number of halogens is 1. The highest BCUT2D eigenvalue weighted by molar-refractivity contribution is 5.96. The highest BCUT2D eigenvalue weighted by Gasteiger charge is 2.14. The van der Waals surface area contributed by atoms with Crippen LogP contribution in [0.15, 0.2) is 0 Å². The average Bonchev–Trinajstić information content (AvgIpc) is 2.38. The molecule has 0 aliphatic rings. The van der Waals surface area contributed by atoms with E-state index in [1.54, 1.807) is 11.6 Å². The van der Waals surface area contributed by atoms with Crippen molar-refractivity contribution >= 4 is 5.78 Å². The summed E-state index contributed by atoms with van der Waals surface area (Å²) in [7, 11) is 0. The molecule has 1 aromatic rings. The number of nitrogens with zero attached hydrogens (tertiary/aromatic N) is 2. The lowest BCUT2D eigenvalue weighted by Crippen LogP contribution is -2.04. The van der Waals surface area contributed by atoms with Crippen LogP contribution >= 0.6 is 0 Å². The van der Waals surface area contributed by atoms with Gasteiger partial charge in [0, 0.05) is 12.2 Å². The monoisotopic (exact) mass is 198 g/mol. The zero-order valence-corrected chi connectivity index (χ0v) is 8.80. The molecule has 0 N–H and O–H groups in total. The Balaban J connectivity index is 2.98. The lowest BCUT2D eigenvalue weighted by atomic mass is 10.1. The number of ketones is 1. The molecule has 0 spiro atoms. The smallest absolute Gasteiger partial charge is 0.163 e. The van der Waals surface area contributed by atoms with Crippen molar-refractivity contribution in [2.24, 2.45) is 0 Å². The normalized spacial score (nSPS) is 10.6. The summed E-state index contributed by atoms with van der Waals surface area (Å²) >= 11 is 0. The van der Waals surface area contributed by atoms with E-state index in [0.717, 1.165) is 11.4 Å². The molecule has 0 amide bonds. The van der Waals surface area contributed by atoms with Crippen molar-refractivity contribution in [3.05, 3.63) is 17.0 Å². The van der Waals surface area contributed by atoms with Crippen LogP contribution in [0.3, 0.4) is 0 Å². The Bertz CT molecular complexity index is 344. The summed E-state index contributed by atoms with van der Waals surface area (Å²) in [5.74, 6) is 0.0199. The number of aromatic nitrogens is 2. The molecule has 0 atom stereocenters. The molecular formula is C10H15FN2O. The fourth-order valence-corrected chi connectivity index (χ4v) is 1.63. The number of hydrogen-bond donors (Lipinski definition) is 0. The Morgan fingerprint density at radius 2 is 2.14 bits per heavy atom. The van der Waals surface area contributed by atoms with Crippen molar-refractivity contribution in [1.82, 2.24) is 9.78 Å². The van der Waals surface area contributed by atoms with Crippen molar-refractivity contribution in [2.75, 3.05) is 6.67 Å². The number of rotatable bonds is 4. The topological polar surface area (TPSA) is 34.9 Å². The molecule has 14 heavy (non-hydrogen) atoms. The predicted octanol–water partition coefficient (Wildman–Crippen LogP) is 2.06. The maximum absolute atomic E-state index is 12.0. The fourth-order valence-electron chi connectivity index (χ4n) is 1.63. The van der Waals surface area contributed by atoms with E-state index in [1.807, 2.05) is 6.92 Å². The number of Topliss-reactive ketones (excluding diaryl/α,β-unsaturated/α-hetero) is 1. The molecule has 3 nitrogen and oxygen atoms in total. The second-order valence-corrected chi connectivity index (χ2v) is 3.37. The molecule has 1 rings (SSSR count). The van der Waals surface area contributed by atoms with Crippen LogP contribution in [0.25, 0.3) is 0 Å². The summed E-state index contributed by atoms with van der Waals surface area (Å²) in [6.45, 7) is 5.35. The number of carbonyl (C=O) groups is 1. The van der Waals surface area contributed by atoms with Crippen LogP contribution in [0.4, 0.5) is 4.39 Å². The van der Waals surface area contributed by atoms with Gasteiger partial charge in [-0.3, -0.25) is 13.9 Å². The molecule has 0 saturated carbocycles. The zero-order valence-electron chi connectivity index (χ0n) is 8.80. The molecule has 0 aliphatic carbocycles. The third-order valence-electron chi connectivity index (χ3n) is 2.24. The summed E-state index contributed by atoms with van der Waals surface area (Å²) in [6.07, 6.45) is 0.444. The van der Waals surface area contributed by atoms with Gasteiger partial charge in [-0.25, -0.2) is 0 Å². The predicted molar refractivity (Wildman–Crippen MR) is 52.3 cm³/mol. The molecule has 4 heteroatoms. The van der Waals surface area contributed by atoms with Crippen LogP contribution in [0.5, 0.6) is 0 Å². The van der Waals surface area contributed by atoms with Gasteiger partial charge in [0.05, 0.1) is 17.9 Å². The van der Waals surface area contributed by atoms with E-state index in [9.17, 15) is 9.18 Å². The lowest BCUT2D eigenvalue weighted by molar-refractivity contribution is 0.101. The van der Waals surface area contributed by atoms with Crippen molar-refractivity contribution in [3.8, 4) is 0 Å². The first kappa shape index (κ1) is 10.9. The molecule has 0 radical (unpaired) electrons. The molecule has 0 fully saturated rings. The first-order valence-corrected chi connectivity index (χ1v) is 4.68. The van der Waals surface area contributed by atoms with Gasteiger partial charge in [-0.1, -0.05) is 0 Å². The van der Waals surface area contributed by atoms with Gasteiger partial charge in [0.2, 0.25) is 0 Å². The molecule has 0 unspecified atom stereocenters. The second-order valence-electron chi connectivity index (χ2n) is 3.37. The molecule has 0 saturated heterocycles. The quantitative estimate of drug-likeness (QED) is 0.694. The van der Waals surface area contributed by atoms with Gasteiger partial charge in [0.15, 0.2) is 5.78 Å². The zero-order chi connectivity index (χ0) is 10.7. The van der Waals surface area contributed by atoms with Crippen LogP contribution in [0.2, 0.25) is 0 Å². The summed E-state index contributed by atoms with van der Waals surface area (Å²) < 4.78 is 13.7. The first-order chi connectivity index (χ1) is 6.57. The van der Waals surface area contributed by atoms with Gasteiger partial charge in [0.25, 0.3) is 0 Å². The van der Waals surface area contributed by atoms with Crippen molar-refractivity contribution in [1.29, 1.82) is 0 Å². The maximum Gasteiger partial charge on any atom is 0.163 e. The molecule has 0 aromatic carbocycles. The Morgan fingerprint density at radius 1 is 1.50 bits per heavy atom. The van der Waals surface area contributed by atoms with Gasteiger partial charge >= 0.3 is 0 Å². The number of alkyl halides is 1. The van der Waals surface area contributed by atoms with E-state index < -0.39 is 0 Å². The third kappa shape index (κ3) is 2.00. The highest BCUT2D eigenvalue weighted by atomic mass is 19.1. The van der Waals surface area contributed by atoms with E-state index in [2.05, 4.69) is 5.10 Å². The fraction of sp³-hybridized carbons (Fsp3) is 0.600. The van der Waals surface area contributed by atoms with E-state index in [4.69, 9.17) is 0 Å². The molecule has 0 bridgehead atoms. The number of aryl methyl sites for hydroxylation is 2. The van der Waals surface area contributed by atoms with Gasteiger partial charge in [-0.15, -0.1) is 0 Å². The minimum absolute atomic E-state index is 0.0199. The van der Waals surface area contributed by atoms with Gasteiger partial charge in [-0.05, 0) is 27.2 Å². The highest BCUT2D eigenvalue weighted by Crippen LogP contribution is 2.13. The maximum atomic E-state index is 12.0. The standard InChI is InChI=1S/C10H15FN2O/c1-7-10(9(3)14)8(2)13(12-7)6-4-5-11/h4-6H2,1-3H3. The summed E-state index contributed by atoms with van der Waals surface area (Å²) in [4.78, 5) is 11.2. The Kier molecular flexibility index (Phi) is 3.38. The van der Waals surface area contributed by atoms with Crippen LogP contribution in [-0.4, -0.2) is 22.2 Å². The SMILES string of the molecule is CC(=O)c1c(C)nn(CCCF)c1C. The van der Waals surface area contributed by atoms with Crippen molar-refractivity contribution < 1.29 is 9.18 Å². The Labute approximate surface area is 82.9 Å². The minimum atomic E-state index is -0.353. The molecule has 1 aromatic heterocycles. The second kappa shape index (κ2) is 4.35. The average molecular weight is 198 g/mol. The van der Waals surface area contributed by atoms with Crippen LogP contribution in [0.1, 0.15) is 35.1 Å². The Morgan fingerprint density at radius 3 is 2.57 bits per heavy atom. The molecular weight excluding hydrogens is 183 g/mol. The summed E-state index contributed by atoms with van der Waals surface area (Å²) in [5, 5.41) is 4.20.